The topological polar surface area (TPSA) is 24.5 Å². The van der Waals surface area contributed by atoms with Crippen LogP contribution in [-0.2, 0) is 4.74 Å². The van der Waals surface area contributed by atoms with Crippen molar-refractivity contribution in [3.63, 3.8) is 0 Å². The summed E-state index contributed by atoms with van der Waals surface area (Å²) >= 11 is 0. The fourth-order valence-electron chi connectivity index (χ4n) is 2.26. The molecule has 0 aromatic carbocycles. The van der Waals surface area contributed by atoms with E-state index in [1.807, 2.05) is 7.11 Å². The Morgan fingerprint density at radius 2 is 1.86 bits per heavy atom. The first-order chi connectivity index (χ1) is 6.83. The smallest absolute Gasteiger partial charge is 0.0862 e. The fourth-order valence-corrected chi connectivity index (χ4v) is 2.26. The highest BCUT2D eigenvalue weighted by atomic mass is 16.5. The number of methoxy groups -OCH3 is 1. The Morgan fingerprint density at radius 3 is 2.36 bits per heavy atom. The summed E-state index contributed by atoms with van der Waals surface area (Å²) in [4.78, 5) is 2.56. The third kappa shape index (κ3) is 2.94. The minimum Gasteiger partial charge on any atom is -0.378 e. The molecule has 0 radical (unpaired) electrons. The first kappa shape index (κ1) is 12.0. The van der Waals surface area contributed by atoms with Gasteiger partial charge in [0, 0.05) is 26.2 Å². The Labute approximate surface area is 87.8 Å². The molecule has 1 N–H and O–H groups in total. The number of ether oxygens (including phenoxy) is 1. The molecule has 1 heterocycles. The molecule has 1 fully saturated rings. The Hall–Kier alpha value is -0.120. The maximum absolute atomic E-state index is 5.49. The molecule has 0 aliphatic carbocycles. The molecule has 0 spiro atoms. The number of hydrogen-bond donors (Lipinski definition) is 1. The molecule has 3 nitrogen and oxygen atoms in total. The number of nitrogens with zero attached hydrogens (tertiary/aromatic N) is 1. The van der Waals surface area contributed by atoms with Gasteiger partial charge in [-0.3, -0.25) is 4.90 Å². The Morgan fingerprint density at radius 1 is 1.21 bits per heavy atom. The van der Waals surface area contributed by atoms with Gasteiger partial charge in [0.15, 0.2) is 0 Å². The molecular weight excluding hydrogens is 176 g/mol. The van der Waals surface area contributed by atoms with E-state index < -0.39 is 0 Å². The highest BCUT2D eigenvalue weighted by molar-refractivity contribution is 4.89. The van der Waals surface area contributed by atoms with Crippen LogP contribution in [0.5, 0.6) is 0 Å². The van der Waals surface area contributed by atoms with E-state index in [0.29, 0.717) is 12.1 Å². The molecule has 1 aliphatic heterocycles. The number of rotatable bonds is 6. The molecule has 84 valence electrons. The van der Waals surface area contributed by atoms with Crippen molar-refractivity contribution in [2.45, 2.75) is 38.8 Å². The van der Waals surface area contributed by atoms with Crippen LogP contribution in [0, 0.1) is 0 Å². The zero-order valence-electron chi connectivity index (χ0n) is 9.75. The van der Waals surface area contributed by atoms with E-state index in [1.165, 1.54) is 25.9 Å². The van der Waals surface area contributed by atoms with Gasteiger partial charge in [0.05, 0.1) is 6.10 Å². The van der Waals surface area contributed by atoms with Crippen molar-refractivity contribution in [3.8, 4) is 0 Å². The highest BCUT2D eigenvalue weighted by Crippen LogP contribution is 2.13. The van der Waals surface area contributed by atoms with Gasteiger partial charge in [0.25, 0.3) is 0 Å². The summed E-state index contributed by atoms with van der Waals surface area (Å²) in [6.45, 7) is 8.96. The second-order valence-electron chi connectivity index (χ2n) is 4.04. The lowest BCUT2D eigenvalue weighted by Gasteiger charge is -2.31. The molecule has 1 saturated heterocycles. The van der Waals surface area contributed by atoms with Gasteiger partial charge in [0.1, 0.15) is 0 Å². The third-order valence-corrected chi connectivity index (χ3v) is 2.92. The van der Waals surface area contributed by atoms with Crippen LogP contribution >= 0.6 is 0 Å². The third-order valence-electron chi connectivity index (χ3n) is 2.92. The molecule has 0 bridgehead atoms. The summed E-state index contributed by atoms with van der Waals surface area (Å²) in [5, 5.41) is 3.40. The predicted octanol–water partition coefficient (Wildman–Crippen LogP) is 1.10. The predicted molar refractivity (Wildman–Crippen MR) is 59.6 cm³/mol. The molecule has 1 rings (SSSR count). The van der Waals surface area contributed by atoms with E-state index in [1.54, 1.807) is 0 Å². The van der Waals surface area contributed by atoms with Crippen molar-refractivity contribution in [2.24, 2.45) is 0 Å². The van der Waals surface area contributed by atoms with E-state index in [0.717, 1.165) is 13.1 Å². The zero-order valence-corrected chi connectivity index (χ0v) is 9.75. The van der Waals surface area contributed by atoms with Crippen LogP contribution < -0.4 is 5.32 Å². The van der Waals surface area contributed by atoms with Crippen molar-refractivity contribution in [1.29, 1.82) is 0 Å². The van der Waals surface area contributed by atoms with E-state index >= 15 is 0 Å². The summed E-state index contributed by atoms with van der Waals surface area (Å²) in [6, 6.07) is 0.583. The quantitative estimate of drug-likeness (QED) is 0.695. The van der Waals surface area contributed by atoms with Crippen molar-refractivity contribution in [2.75, 3.05) is 33.3 Å². The molecular formula is C11H24N2O. The van der Waals surface area contributed by atoms with Gasteiger partial charge in [-0.05, 0) is 25.9 Å². The average Bonchev–Trinajstić information content (AvgIpc) is 2.65. The van der Waals surface area contributed by atoms with Crippen molar-refractivity contribution in [1.82, 2.24) is 10.2 Å². The molecule has 2 atom stereocenters. The summed E-state index contributed by atoms with van der Waals surface area (Å²) in [6.07, 6.45) is 2.84. The first-order valence-corrected chi connectivity index (χ1v) is 5.81. The van der Waals surface area contributed by atoms with Crippen LogP contribution in [0.1, 0.15) is 26.7 Å². The minimum atomic E-state index is 0.382. The molecule has 14 heavy (non-hydrogen) atoms. The molecule has 0 aromatic rings. The highest BCUT2D eigenvalue weighted by Gasteiger charge is 2.30. The van der Waals surface area contributed by atoms with Gasteiger partial charge in [-0.25, -0.2) is 0 Å². The maximum atomic E-state index is 5.49. The molecule has 1 unspecified atom stereocenters. The van der Waals surface area contributed by atoms with Gasteiger partial charge < -0.3 is 10.1 Å². The van der Waals surface area contributed by atoms with Crippen LogP contribution in [0.25, 0.3) is 0 Å². The molecule has 1 aliphatic rings. The van der Waals surface area contributed by atoms with E-state index in [9.17, 15) is 0 Å². The van der Waals surface area contributed by atoms with Crippen LogP contribution in [0.4, 0.5) is 0 Å². The first-order valence-electron chi connectivity index (χ1n) is 5.81. The summed E-state index contributed by atoms with van der Waals surface area (Å²) < 4.78 is 5.49. The summed E-state index contributed by atoms with van der Waals surface area (Å²) in [7, 11) is 1.82. The van der Waals surface area contributed by atoms with Gasteiger partial charge in [-0.15, -0.1) is 0 Å². The van der Waals surface area contributed by atoms with E-state index in [2.05, 4.69) is 24.1 Å². The Kier molecular flexibility index (Phi) is 5.45. The van der Waals surface area contributed by atoms with Crippen LogP contribution in [0.2, 0.25) is 0 Å². The van der Waals surface area contributed by atoms with Crippen molar-refractivity contribution < 1.29 is 4.74 Å². The van der Waals surface area contributed by atoms with Crippen LogP contribution in [-0.4, -0.2) is 50.3 Å². The fraction of sp³-hybridized carbons (Fsp3) is 1.00. The van der Waals surface area contributed by atoms with Crippen LogP contribution in [0.3, 0.4) is 0 Å². The SMILES string of the molecule is CCCN(CCC)C1CNC[C@@H]1OC. The number of nitrogens with one attached hydrogen (secondary N) is 1. The second kappa shape index (κ2) is 6.38. The van der Waals surface area contributed by atoms with Crippen molar-refractivity contribution >= 4 is 0 Å². The summed E-state index contributed by atoms with van der Waals surface area (Å²) in [5.41, 5.74) is 0. The molecule has 0 amide bonds. The van der Waals surface area contributed by atoms with E-state index in [4.69, 9.17) is 4.74 Å². The van der Waals surface area contributed by atoms with E-state index in [-0.39, 0.29) is 0 Å². The summed E-state index contributed by atoms with van der Waals surface area (Å²) in [5.74, 6) is 0. The lowest BCUT2D eigenvalue weighted by molar-refractivity contribution is 0.0438. The Balaban J connectivity index is 2.47. The van der Waals surface area contributed by atoms with Gasteiger partial charge in [-0.2, -0.15) is 0 Å². The lowest BCUT2D eigenvalue weighted by Crippen LogP contribution is -2.44. The lowest BCUT2D eigenvalue weighted by atomic mass is 10.1. The maximum Gasteiger partial charge on any atom is 0.0862 e. The van der Waals surface area contributed by atoms with Crippen molar-refractivity contribution in [3.05, 3.63) is 0 Å². The number of hydrogen-bond acceptors (Lipinski definition) is 3. The minimum absolute atomic E-state index is 0.382. The monoisotopic (exact) mass is 200 g/mol. The van der Waals surface area contributed by atoms with Gasteiger partial charge >= 0.3 is 0 Å². The van der Waals surface area contributed by atoms with Crippen LogP contribution in [0.15, 0.2) is 0 Å². The largest absolute Gasteiger partial charge is 0.378 e. The molecule has 0 saturated carbocycles. The Bertz CT molecular complexity index is 146. The molecule has 0 aromatic heterocycles. The standard InChI is InChI=1S/C11H24N2O/c1-4-6-13(7-5-2)10-8-12-9-11(10)14-3/h10-12H,4-9H2,1-3H3/t10?,11-/m0/s1. The zero-order chi connectivity index (χ0) is 10.4. The van der Waals surface area contributed by atoms with Gasteiger partial charge in [0.2, 0.25) is 0 Å². The normalized spacial score (nSPS) is 27.4. The molecule has 3 heteroatoms. The second-order valence-corrected chi connectivity index (χ2v) is 4.04. The van der Waals surface area contributed by atoms with Gasteiger partial charge in [-0.1, -0.05) is 13.8 Å². The average molecular weight is 200 g/mol.